The Kier molecular flexibility index (Phi) is 3.21. The number of aromatic nitrogens is 1. The Bertz CT molecular complexity index is 1420. The summed E-state index contributed by atoms with van der Waals surface area (Å²) in [5.74, 6) is 0. The van der Waals surface area contributed by atoms with Crippen molar-refractivity contribution in [3.8, 4) is 16.8 Å². The highest BCUT2D eigenvalue weighted by molar-refractivity contribution is 6.11. The first-order valence-corrected chi connectivity index (χ1v) is 10.3. The third-order valence-electron chi connectivity index (χ3n) is 6.64. The molecule has 0 unspecified atom stereocenters. The fourth-order valence-electron chi connectivity index (χ4n) is 5.18. The van der Waals surface area contributed by atoms with E-state index in [1.165, 1.54) is 55.3 Å². The Balaban J connectivity index is 1.78. The second-order valence-corrected chi connectivity index (χ2v) is 8.78. The van der Waals surface area contributed by atoms with Crippen LogP contribution in [-0.4, -0.2) is 4.57 Å². The van der Waals surface area contributed by atoms with Crippen LogP contribution in [0, 0.1) is 6.92 Å². The van der Waals surface area contributed by atoms with Gasteiger partial charge in [0.05, 0.1) is 11.0 Å². The van der Waals surface area contributed by atoms with E-state index in [1.54, 1.807) is 0 Å². The van der Waals surface area contributed by atoms with Crippen molar-refractivity contribution in [2.45, 2.75) is 26.2 Å². The van der Waals surface area contributed by atoms with Gasteiger partial charge in [-0.2, -0.15) is 0 Å². The highest BCUT2D eigenvalue weighted by atomic mass is 15.0. The highest BCUT2D eigenvalue weighted by Gasteiger charge is 2.36. The minimum Gasteiger partial charge on any atom is -0.309 e. The summed E-state index contributed by atoms with van der Waals surface area (Å²) in [5, 5.41) is 2.64. The molecule has 1 heteroatoms. The number of nitrogens with zero attached hydrogens (tertiary/aromatic N) is 1. The summed E-state index contributed by atoms with van der Waals surface area (Å²) in [7, 11) is 0. The van der Waals surface area contributed by atoms with E-state index < -0.39 is 0 Å². The Labute approximate surface area is 171 Å². The Morgan fingerprint density at radius 1 is 0.621 bits per heavy atom. The number of hydrogen-bond donors (Lipinski definition) is 0. The lowest BCUT2D eigenvalue weighted by molar-refractivity contribution is 0.661. The van der Waals surface area contributed by atoms with Gasteiger partial charge in [-0.05, 0) is 59.5 Å². The lowest BCUT2D eigenvalue weighted by atomic mass is 9.82. The molecule has 1 heterocycles. The zero-order chi connectivity index (χ0) is 19.8. The average molecular weight is 373 g/mol. The number of fused-ring (bicyclic) bond motifs is 6. The molecule has 1 aliphatic carbocycles. The molecule has 5 aromatic rings. The van der Waals surface area contributed by atoms with Crippen LogP contribution in [0.15, 0.2) is 84.9 Å². The molecule has 0 fully saturated rings. The van der Waals surface area contributed by atoms with Gasteiger partial charge >= 0.3 is 0 Å². The minimum absolute atomic E-state index is 0.00449. The van der Waals surface area contributed by atoms with Gasteiger partial charge in [0.1, 0.15) is 0 Å². The van der Waals surface area contributed by atoms with Crippen LogP contribution < -0.4 is 0 Å². The van der Waals surface area contributed by atoms with Crippen LogP contribution in [0.2, 0.25) is 0 Å². The second kappa shape index (κ2) is 5.61. The maximum Gasteiger partial charge on any atom is 0.0544 e. The number of hydrogen-bond acceptors (Lipinski definition) is 0. The molecular formula is C28H23N. The summed E-state index contributed by atoms with van der Waals surface area (Å²) in [6.45, 7) is 6.90. The molecule has 29 heavy (non-hydrogen) atoms. The van der Waals surface area contributed by atoms with Crippen molar-refractivity contribution in [1.82, 2.24) is 4.57 Å². The molecule has 0 aliphatic heterocycles. The molecule has 0 spiro atoms. The van der Waals surface area contributed by atoms with Crippen molar-refractivity contribution in [3.05, 3.63) is 102 Å². The van der Waals surface area contributed by atoms with Gasteiger partial charge < -0.3 is 4.57 Å². The topological polar surface area (TPSA) is 4.93 Å². The van der Waals surface area contributed by atoms with E-state index in [9.17, 15) is 0 Å². The minimum atomic E-state index is 0.00449. The predicted molar refractivity (Wildman–Crippen MR) is 123 cm³/mol. The first-order valence-electron chi connectivity index (χ1n) is 10.3. The summed E-state index contributed by atoms with van der Waals surface area (Å²) in [5.41, 5.74) is 10.7. The van der Waals surface area contributed by atoms with E-state index in [0.717, 1.165) is 0 Å². The SMILES string of the molecule is Cc1ccc2c(c1)-c1cc3c4ccccc4n(-c4ccccc4)c3cc1C2(C)C. The van der Waals surface area contributed by atoms with Gasteiger partial charge in [0.2, 0.25) is 0 Å². The van der Waals surface area contributed by atoms with Crippen LogP contribution >= 0.6 is 0 Å². The first-order chi connectivity index (χ1) is 14.1. The Hall–Kier alpha value is -3.32. The molecule has 6 rings (SSSR count). The largest absolute Gasteiger partial charge is 0.309 e. The fourth-order valence-corrected chi connectivity index (χ4v) is 5.18. The molecule has 4 aromatic carbocycles. The Morgan fingerprint density at radius 2 is 1.34 bits per heavy atom. The molecule has 140 valence electrons. The van der Waals surface area contributed by atoms with Gasteiger partial charge in [-0.25, -0.2) is 0 Å². The van der Waals surface area contributed by atoms with Crippen LogP contribution in [-0.2, 0) is 5.41 Å². The number of para-hydroxylation sites is 2. The molecule has 0 amide bonds. The Morgan fingerprint density at radius 3 is 2.17 bits per heavy atom. The van der Waals surface area contributed by atoms with Crippen LogP contribution in [0.1, 0.15) is 30.5 Å². The molecule has 0 saturated heterocycles. The van der Waals surface area contributed by atoms with E-state index in [-0.39, 0.29) is 5.41 Å². The van der Waals surface area contributed by atoms with Crippen LogP contribution in [0.25, 0.3) is 38.6 Å². The van der Waals surface area contributed by atoms with E-state index in [2.05, 4.69) is 110 Å². The monoisotopic (exact) mass is 373 g/mol. The molecule has 0 saturated carbocycles. The zero-order valence-corrected chi connectivity index (χ0v) is 17.0. The third-order valence-corrected chi connectivity index (χ3v) is 6.64. The summed E-state index contributed by atoms with van der Waals surface area (Å²) >= 11 is 0. The van der Waals surface area contributed by atoms with Crippen LogP contribution in [0.5, 0.6) is 0 Å². The maximum atomic E-state index is 2.44. The summed E-state index contributed by atoms with van der Waals surface area (Å²) in [6, 6.07) is 31.3. The van der Waals surface area contributed by atoms with Crippen molar-refractivity contribution >= 4 is 21.8 Å². The van der Waals surface area contributed by atoms with Crippen LogP contribution in [0.3, 0.4) is 0 Å². The molecular weight excluding hydrogens is 350 g/mol. The lowest BCUT2D eigenvalue weighted by Gasteiger charge is -2.22. The molecule has 1 aliphatic rings. The van der Waals surface area contributed by atoms with Crippen molar-refractivity contribution in [1.29, 1.82) is 0 Å². The van der Waals surface area contributed by atoms with Crippen LogP contribution in [0.4, 0.5) is 0 Å². The van der Waals surface area contributed by atoms with Gasteiger partial charge in [-0.15, -0.1) is 0 Å². The van der Waals surface area contributed by atoms with Crippen molar-refractivity contribution in [2.75, 3.05) is 0 Å². The number of rotatable bonds is 1. The second-order valence-electron chi connectivity index (χ2n) is 8.78. The van der Waals surface area contributed by atoms with Gasteiger partial charge in [0.25, 0.3) is 0 Å². The predicted octanol–water partition coefficient (Wildman–Crippen LogP) is 7.40. The van der Waals surface area contributed by atoms with E-state index in [4.69, 9.17) is 0 Å². The average Bonchev–Trinajstić information content (AvgIpc) is 3.17. The normalized spacial score (nSPS) is 14.3. The van der Waals surface area contributed by atoms with E-state index in [0.29, 0.717) is 0 Å². The smallest absolute Gasteiger partial charge is 0.0544 e. The number of benzene rings is 4. The molecule has 0 radical (unpaired) electrons. The lowest BCUT2D eigenvalue weighted by Crippen LogP contribution is -2.15. The van der Waals surface area contributed by atoms with E-state index >= 15 is 0 Å². The van der Waals surface area contributed by atoms with E-state index in [1.807, 2.05) is 0 Å². The fraction of sp³-hybridized carbons (Fsp3) is 0.143. The zero-order valence-electron chi connectivity index (χ0n) is 17.0. The maximum absolute atomic E-state index is 2.44. The molecule has 1 aromatic heterocycles. The summed E-state index contributed by atoms with van der Waals surface area (Å²) in [6.07, 6.45) is 0. The van der Waals surface area contributed by atoms with Crippen molar-refractivity contribution in [3.63, 3.8) is 0 Å². The highest BCUT2D eigenvalue weighted by Crippen LogP contribution is 2.51. The summed E-state index contributed by atoms with van der Waals surface area (Å²) in [4.78, 5) is 0. The third kappa shape index (κ3) is 2.16. The molecule has 0 atom stereocenters. The van der Waals surface area contributed by atoms with Crippen molar-refractivity contribution in [2.24, 2.45) is 0 Å². The van der Waals surface area contributed by atoms with Gasteiger partial charge in [-0.3, -0.25) is 0 Å². The number of aryl methyl sites for hydroxylation is 1. The first kappa shape index (κ1) is 16.6. The van der Waals surface area contributed by atoms with Gasteiger partial charge in [0.15, 0.2) is 0 Å². The molecule has 0 bridgehead atoms. The van der Waals surface area contributed by atoms with Crippen molar-refractivity contribution < 1.29 is 0 Å². The van der Waals surface area contributed by atoms with Gasteiger partial charge in [0, 0.05) is 21.9 Å². The molecule has 1 nitrogen and oxygen atoms in total. The van der Waals surface area contributed by atoms with Gasteiger partial charge in [-0.1, -0.05) is 74.0 Å². The molecule has 0 N–H and O–H groups in total. The standard InChI is InChI=1S/C28H23N/c1-18-13-14-24-21(15-18)22-16-23-20-11-7-8-12-26(20)29(19-9-5-4-6-10-19)27(23)17-25(22)28(24,2)3/h4-17H,1-3H3. The quantitative estimate of drug-likeness (QED) is 0.288. The summed E-state index contributed by atoms with van der Waals surface area (Å²) < 4.78 is 2.41.